The molecule has 1 unspecified atom stereocenters. The summed E-state index contributed by atoms with van der Waals surface area (Å²) in [7, 11) is 1.19. The van der Waals surface area contributed by atoms with E-state index in [2.05, 4.69) is 20.7 Å². The summed E-state index contributed by atoms with van der Waals surface area (Å²) in [5.41, 5.74) is 5.09. The number of benzene rings is 1. The number of carbonyl (C=O) groups is 1. The molecule has 0 aliphatic rings. The number of methoxy groups -OCH3 is 1. The van der Waals surface area contributed by atoms with Gasteiger partial charge in [0.15, 0.2) is 5.75 Å². The molecule has 0 aliphatic carbocycles. The highest BCUT2D eigenvalue weighted by atomic mass is 79.9. The number of esters is 1. The number of ether oxygens (including phenoxy) is 2. The van der Waals surface area contributed by atoms with Crippen molar-refractivity contribution in [3.05, 3.63) is 32.5 Å². The molecule has 0 spiro atoms. The number of halogens is 2. The van der Waals surface area contributed by atoms with Gasteiger partial charge in [0.1, 0.15) is 11.9 Å². The lowest BCUT2D eigenvalue weighted by atomic mass is 10.2. The highest BCUT2D eigenvalue weighted by molar-refractivity contribution is 9.10. The van der Waals surface area contributed by atoms with Crippen molar-refractivity contribution < 1.29 is 23.6 Å². The van der Waals surface area contributed by atoms with E-state index in [-0.39, 0.29) is 28.9 Å². The van der Waals surface area contributed by atoms with Crippen LogP contribution in [0.3, 0.4) is 0 Å². The first-order valence-electron chi connectivity index (χ1n) is 5.46. The van der Waals surface area contributed by atoms with Gasteiger partial charge in [-0.2, -0.15) is 0 Å². The van der Waals surface area contributed by atoms with Crippen molar-refractivity contribution in [2.24, 2.45) is 5.73 Å². The molecule has 0 radical (unpaired) electrons. The van der Waals surface area contributed by atoms with Crippen molar-refractivity contribution in [3.63, 3.8) is 0 Å². The van der Waals surface area contributed by atoms with Gasteiger partial charge in [-0.3, -0.25) is 14.9 Å². The van der Waals surface area contributed by atoms with Gasteiger partial charge in [-0.25, -0.2) is 4.39 Å². The second kappa shape index (κ2) is 7.15. The van der Waals surface area contributed by atoms with Gasteiger partial charge in [0.2, 0.25) is 0 Å². The smallest absolute Gasteiger partial charge is 0.322 e. The maximum absolute atomic E-state index is 13.3. The van der Waals surface area contributed by atoms with Crippen molar-refractivity contribution in [2.45, 2.75) is 12.5 Å². The van der Waals surface area contributed by atoms with Crippen LogP contribution in [-0.4, -0.2) is 30.7 Å². The molecule has 1 aromatic rings. The summed E-state index contributed by atoms with van der Waals surface area (Å²) < 4.78 is 22.8. The van der Waals surface area contributed by atoms with Gasteiger partial charge < -0.3 is 15.2 Å². The van der Waals surface area contributed by atoms with Gasteiger partial charge in [-0.15, -0.1) is 0 Å². The molecule has 1 rings (SSSR count). The molecule has 20 heavy (non-hydrogen) atoms. The van der Waals surface area contributed by atoms with Crippen LogP contribution in [0.1, 0.15) is 6.42 Å². The summed E-state index contributed by atoms with van der Waals surface area (Å²) in [5, 5.41) is 10.8. The number of nitro benzene ring substituents is 1. The number of nitrogens with zero attached hydrogens (tertiary/aromatic N) is 1. The fraction of sp³-hybridized carbons (Fsp3) is 0.364. The standard InChI is InChI=1S/C11H12BrFN2O5/c1-19-11(16)8(14)2-3-20-10-5-7(13)6(12)4-9(10)15(17)18/h4-5,8H,2-3,14H2,1H3. The van der Waals surface area contributed by atoms with Crippen LogP contribution in [0.4, 0.5) is 10.1 Å². The molecule has 7 nitrogen and oxygen atoms in total. The number of nitro groups is 1. The Morgan fingerprint density at radius 2 is 2.25 bits per heavy atom. The Hall–Kier alpha value is -1.74. The largest absolute Gasteiger partial charge is 0.487 e. The summed E-state index contributed by atoms with van der Waals surface area (Å²) >= 11 is 2.85. The normalized spacial score (nSPS) is 11.8. The molecule has 110 valence electrons. The van der Waals surface area contributed by atoms with Crippen LogP contribution < -0.4 is 10.5 Å². The Kier molecular flexibility index (Phi) is 5.83. The van der Waals surface area contributed by atoms with E-state index >= 15 is 0 Å². The monoisotopic (exact) mass is 350 g/mol. The maximum Gasteiger partial charge on any atom is 0.322 e. The van der Waals surface area contributed by atoms with Crippen LogP contribution in [-0.2, 0) is 9.53 Å². The van der Waals surface area contributed by atoms with E-state index in [1.807, 2.05) is 0 Å². The molecule has 0 bridgehead atoms. The molecule has 9 heteroatoms. The summed E-state index contributed by atoms with van der Waals surface area (Å²) in [6, 6.07) is 0.996. The number of hydrogen-bond acceptors (Lipinski definition) is 6. The fourth-order valence-corrected chi connectivity index (χ4v) is 1.67. The van der Waals surface area contributed by atoms with Gasteiger partial charge in [0, 0.05) is 18.6 Å². The van der Waals surface area contributed by atoms with E-state index in [1.165, 1.54) is 7.11 Å². The zero-order valence-corrected chi connectivity index (χ0v) is 12.1. The Morgan fingerprint density at radius 1 is 1.60 bits per heavy atom. The third-order valence-corrected chi connectivity index (χ3v) is 3.00. The van der Waals surface area contributed by atoms with Crippen LogP contribution >= 0.6 is 15.9 Å². The summed E-state index contributed by atoms with van der Waals surface area (Å²) in [6.45, 7) is -0.0851. The number of nitrogens with two attached hydrogens (primary N) is 1. The quantitative estimate of drug-likeness (QED) is 0.476. The molecule has 1 aromatic carbocycles. The van der Waals surface area contributed by atoms with Gasteiger partial charge in [0.25, 0.3) is 0 Å². The Labute approximate surface area is 122 Å². The molecule has 0 amide bonds. The van der Waals surface area contributed by atoms with E-state index < -0.39 is 22.8 Å². The van der Waals surface area contributed by atoms with Crippen LogP contribution in [0, 0.1) is 15.9 Å². The first-order valence-corrected chi connectivity index (χ1v) is 6.25. The van der Waals surface area contributed by atoms with Crippen molar-refractivity contribution in [1.82, 2.24) is 0 Å². The average Bonchev–Trinajstić information content (AvgIpc) is 2.40. The highest BCUT2D eigenvalue weighted by Gasteiger charge is 2.20. The second-order valence-corrected chi connectivity index (χ2v) is 4.61. The molecule has 1 atom stereocenters. The van der Waals surface area contributed by atoms with Crippen molar-refractivity contribution in [2.75, 3.05) is 13.7 Å². The topological polar surface area (TPSA) is 105 Å². The van der Waals surface area contributed by atoms with Gasteiger partial charge in [-0.05, 0) is 15.9 Å². The SMILES string of the molecule is COC(=O)C(N)CCOc1cc(F)c(Br)cc1[N+](=O)[O-]. The predicted octanol–water partition coefficient (Wildman–Crippen LogP) is 1.77. The minimum Gasteiger partial charge on any atom is -0.487 e. The summed E-state index contributed by atoms with van der Waals surface area (Å²) in [5.74, 6) is -1.54. The van der Waals surface area contributed by atoms with E-state index in [0.29, 0.717) is 0 Å². The lowest BCUT2D eigenvalue weighted by molar-refractivity contribution is -0.386. The highest BCUT2D eigenvalue weighted by Crippen LogP contribution is 2.32. The van der Waals surface area contributed by atoms with Crippen LogP contribution in [0.15, 0.2) is 16.6 Å². The van der Waals surface area contributed by atoms with E-state index in [4.69, 9.17) is 10.5 Å². The van der Waals surface area contributed by atoms with Gasteiger partial charge in [-0.1, -0.05) is 0 Å². The molecule has 0 saturated carbocycles. The first-order chi connectivity index (χ1) is 9.36. The Bertz CT molecular complexity index is 526. The second-order valence-electron chi connectivity index (χ2n) is 3.76. The first kappa shape index (κ1) is 16.3. The zero-order valence-electron chi connectivity index (χ0n) is 10.5. The number of hydrogen-bond donors (Lipinski definition) is 1. The molecule has 0 aliphatic heterocycles. The number of rotatable bonds is 6. The molecule has 0 heterocycles. The molecule has 0 fully saturated rings. The molecule has 0 saturated heterocycles. The van der Waals surface area contributed by atoms with Gasteiger partial charge in [0.05, 0.1) is 23.1 Å². The lowest BCUT2D eigenvalue weighted by Gasteiger charge is -2.11. The van der Waals surface area contributed by atoms with E-state index in [0.717, 1.165) is 12.1 Å². The Balaban J connectivity index is 2.75. The molecular formula is C11H12BrFN2O5. The lowest BCUT2D eigenvalue weighted by Crippen LogP contribution is -2.33. The molecule has 2 N–H and O–H groups in total. The number of carbonyl (C=O) groups excluding carboxylic acids is 1. The van der Waals surface area contributed by atoms with Gasteiger partial charge >= 0.3 is 11.7 Å². The summed E-state index contributed by atoms with van der Waals surface area (Å²) in [4.78, 5) is 21.2. The third kappa shape index (κ3) is 4.14. The van der Waals surface area contributed by atoms with E-state index in [1.54, 1.807) is 0 Å². The Morgan fingerprint density at radius 3 is 2.80 bits per heavy atom. The van der Waals surface area contributed by atoms with Crippen molar-refractivity contribution in [3.8, 4) is 5.75 Å². The van der Waals surface area contributed by atoms with Crippen molar-refractivity contribution >= 4 is 27.6 Å². The molecule has 0 aromatic heterocycles. The third-order valence-electron chi connectivity index (χ3n) is 2.39. The van der Waals surface area contributed by atoms with E-state index in [9.17, 15) is 19.3 Å². The van der Waals surface area contributed by atoms with Crippen molar-refractivity contribution in [1.29, 1.82) is 0 Å². The minimum absolute atomic E-state index is 0.0391. The fourth-order valence-electron chi connectivity index (χ4n) is 1.34. The average molecular weight is 351 g/mol. The maximum atomic E-state index is 13.3. The van der Waals surface area contributed by atoms with Crippen LogP contribution in [0.25, 0.3) is 0 Å². The zero-order chi connectivity index (χ0) is 15.3. The summed E-state index contributed by atoms with van der Waals surface area (Å²) in [6.07, 6.45) is 0.0848. The minimum atomic E-state index is -0.903. The van der Waals surface area contributed by atoms with Crippen LogP contribution in [0.2, 0.25) is 0 Å². The molecular weight excluding hydrogens is 339 g/mol. The van der Waals surface area contributed by atoms with Crippen LogP contribution in [0.5, 0.6) is 5.75 Å². The predicted molar refractivity (Wildman–Crippen MR) is 70.9 cm³/mol.